The van der Waals surface area contributed by atoms with Crippen LogP contribution in [0.1, 0.15) is 0 Å². The van der Waals surface area contributed by atoms with Gasteiger partial charge in [0.05, 0.1) is 0 Å². The molecule has 38 valence electrons. The summed E-state index contributed by atoms with van der Waals surface area (Å²) in [6, 6.07) is 0. The van der Waals surface area contributed by atoms with Crippen molar-refractivity contribution in [1.82, 2.24) is 0 Å². The van der Waals surface area contributed by atoms with E-state index in [0.717, 1.165) is 0 Å². The Hall–Kier alpha value is 2.34. The molecule has 0 radical (unpaired) electrons. The number of rotatable bonds is 0. The Morgan fingerprint density at radius 1 is 1.43 bits per heavy atom. The van der Waals surface area contributed by atoms with E-state index >= 15 is 0 Å². The van der Waals surface area contributed by atoms with Crippen molar-refractivity contribution in [3.05, 3.63) is 0 Å². The van der Waals surface area contributed by atoms with Gasteiger partial charge in [-0.1, -0.05) is 0 Å². The monoisotopic (exact) mass is 166 g/mol. The molecule has 0 aliphatic heterocycles. The van der Waals surface area contributed by atoms with E-state index in [2.05, 4.69) is 0 Å². The van der Waals surface area contributed by atoms with Gasteiger partial charge in [0.1, 0.15) is 0 Å². The molecule has 0 atom stereocenters. The zero-order chi connectivity index (χ0) is 4.50. The summed E-state index contributed by atoms with van der Waals surface area (Å²) in [7, 11) is -5.14. The zero-order valence-corrected chi connectivity index (χ0v) is 3.02. The van der Waals surface area contributed by atoms with Gasteiger partial charge in [0.25, 0.3) is 0 Å². The first kappa shape index (κ1) is 16.2. The van der Waals surface area contributed by atoms with Crippen molar-refractivity contribution in [3.8, 4) is 0 Å². The van der Waals surface area contributed by atoms with Crippen LogP contribution in [0, 0.1) is 0 Å². The minimum atomic E-state index is -5.14. The molecule has 0 aromatic heterocycles. The minimum absolute atomic E-state index is 0. The topological polar surface area (TPSA) is 57.5 Å². The Morgan fingerprint density at radius 3 is 1.43 bits per heavy atom. The fourth-order valence-electron chi connectivity index (χ4n) is 0. The third kappa shape index (κ3) is 61.2. The second-order valence-electron chi connectivity index (χ2n) is 0.473. The van der Waals surface area contributed by atoms with E-state index in [4.69, 9.17) is 14.4 Å². The molecule has 0 bridgehead atoms. The Bertz CT molecular complexity index is 61.1. The summed E-state index contributed by atoms with van der Waals surface area (Å²) in [5.41, 5.74) is 0. The molecular formula is H5CaFNaO3P. The third-order valence-electron chi connectivity index (χ3n) is 0. The molecule has 0 fully saturated rings. The van der Waals surface area contributed by atoms with Crippen molar-refractivity contribution in [2.75, 3.05) is 0 Å². The standard InChI is InChI=1S/Ca.FH2O3P.Na.3H/c;1-5(2,3)4;;;;/h;(H2,2,3,4);;;;. The van der Waals surface area contributed by atoms with Crippen LogP contribution in [0.15, 0.2) is 0 Å². The van der Waals surface area contributed by atoms with Gasteiger partial charge in [0, 0.05) is 0 Å². The number of hydrogen-bond acceptors (Lipinski definition) is 1. The summed E-state index contributed by atoms with van der Waals surface area (Å²) < 4.78 is 19.0. The predicted octanol–water partition coefficient (Wildman–Crippen LogP) is -1.52. The molecule has 2 N–H and O–H groups in total. The Kier molecular flexibility index (Phi) is 14.9. The van der Waals surface area contributed by atoms with Crippen LogP contribution in [0.3, 0.4) is 0 Å². The Labute approximate surface area is 92.2 Å². The first-order chi connectivity index (χ1) is 2.00. The average molecular weight is 166 g/mol. The van der Waals surface area contributed by atoms with Crippen LogP contribution in [0.25, 0.3) is 0 Å². The van der Waals surface area contributed by atoms with Crippen LogP contribution in [0.2, 0.25) is 0 Å². The van der Waals surface area contributed by atoms with Gasteiger partial charge in [0.15, 0.2) is 0 Å². The van der Waals surface area contributed by atoms with Crippen molar-refractivity contribution in [3.63, 3.8) is 0 Å². The molecule has 0 aliphatic rings. The van der Waals surface area contributed by atoms with Crippen LogP contribution in [0.4, 0.5) is 4.20 Å². The van der Waals surface area contributed by atoms with Crippen molar-refractivity contribution in [1.29, 1.82) is 0 Å². The summed E-state index contributed by atoms with van der Waals surface area (Å²) in [5, 5.41) is 0. The van der Waals surface area contributed by atoms with Crippen LogP contribution >= 0.6 is 7.91 Å². The molecule has 0 spiro atoms. The predicted molar refractivity (Wildman–Crippen MR) is 28.8 cm³/mol. The van der Waals surface area contributed by atoms with Gasteiger partial charge in [-0.05, 0) is 0 Å². The van der Waals surface area contributed by atoms with Gasteiger partial charge < -0.3 is 0 Å². The Balaban J connectivity index is -0.0000000800. The molecule has 3 nitrogen and oxygen atoms in total. The SMILES string of the molecule is O=P(O)(O)F.[CaH2].[NaH]. The van der Waals surface area contributed by atoms with E-state index in [1.54, 1.807) is 0 Å². The van der Waals surface area contributed by atoms with E-state index < -0.39 is 7.91 Å². The van der Waals surface area contributed by atoms with Crippen molar-refractivity contribution in [2.45, 2.75) is 0 Å². The van der Waals surface area contributed by atoms with Gasteiger partial charge in [-0.15, -0.1) is 4.20 Å². The number of halogens is 1. The van der Waals surface area contributed by atoms with Gasteiger partial charge in [-0.25, -0.2) is 4.57 Å². The quantitative estimate of drug-likeness (QED) is 0.339. The molecule has 0 aromatic carbocycles. The molecule has 7 heteroatoms. The number of hydrogen-bond donors (Lipinski definition) is 2. The molecule has 0 saturated heterocycles. The van der Waals surface area contributed by atoms with Crippen molar-refractivity contribution < 1.29 is 18.5 Å². The molecule has 0 rings (SSSR count). The second kappa shape index (κ2) is 6.46. The van der Waals surface area contributed by atoms with Crippen molar-refractivity contribution in [2.24, 2.45) is 0 Å². The van der Waals surface area contributed by atoms with Gasteiger partial charge in [0.2, 0.25) is 0 Å². The van der Waals surface area contributed by atoms with Crippen LogP contribution in [-0.4, -0.2) is 77.1 Å². The third-order valence-corrected chi connectivity index (χ3v) is 0. The fourth-order valence-corrected chi connectivity index (χ4v) is 0. The van der Waals surface area contributed by atoms with Gasteiger partial charge in [-0.2, -0.15) is 0 Å². The summed E-state index contributed by atoms with van der Waals surface area (Å²) in [4.78, 5) is 13.9. The Morgan fingerprint density at radius 2 is 1.43 bits per heavy atom. The normalized spacial score (nSPS) is 8.43. The van der Waals surface area contributed by atoms with E-state index in [0.29, 0.717) is 0 Å². The second-order valence-corrected chi connectivity index (χ2v) is 1.42. The molecule has 0 heterocycles. The average Bonchev–Trinajstić information content (AvgIpc) is 0.722. The molecule has 0 aliphatic carbocycles. The molecule has 7 heavy (non-hydrogen) atoms. The molecular weight excluding hydrogens is 161 g/mol. The van der Waals surface area contributed by atoms with E-state index in [9.17, 15) is 4.20 Å². The molecule has 0 unspecified atom stereocenters. The molecule has 0 amide bonds. The van der Waals surface area contributed by atoms with E-state index in [1.165, 1.54) is 0 Å². The van der Waals surface area contributed by atoms with Crippen LogP contribution in [-0.2, 0) is 4.57 Å². The van der Waals surface area contributed by atoms with Crippen molar-refractivity contribution >= 4 is 75.2 Å². The molecule has 0 aromatic rings. The van der Waals surface area contributed by atoms with E-state index in [-0.39, 0.29) is 67.3 Å². The fraction of sp³-hybridized carbons (Fsp3) is 0. The zero-order valence-electron chi connectivity index (χ0n) is 2.13. The maximum atomic E-state index is 10.4. The summed E-state index contributed by atoms with van der Waals surface area (Å²) in [6.45, 7) is 0. The van der Waals surface area contributed by atoms with Gasteiger partial charge in [-0.3, -0.25) is 9.79 Å². The summed E-state index contributed by atoms with van der Waals surface area (Å²) in [6.07, 6.45) is 0. The first-order valence-electron chi connectivity index (χ1n) is 0.752. The van der Waals surface area contributed by atoms with Crippen LogP contribution < -0.4 is 0 Å². The first-order valence-corrected chi connectivity index (χ1v) is 2.25. The summed E-state index contributed by atoms with van der Waals surface area (Å²) in [5.74, 6) is 0. The summed E-state index contributed by atoms with van der Waals surface area (Å²) >= 11 is 0. The van der Waals surface area contributed by atoms with Crippen LogP contribution in [0.5, 0.6) is 0 Å². The maximum absolute atomic E-state index is 10.4. The molecule has 0 saturated carbocycles. The van der Waals surface area contributed by atoms with Gasteiger partial charge >= 0.3 is 75.2 Å². The van der Waals surface area contributed by atoms with E-state index in [1.807, 2.05) is 0 Å².